The van der Waals surface area contributed by atoms with E-state index < -0.39 is 0 Å². The Labute approximate surface area is 214 Å². The van der Waals surface area contributed by atoms with Gasteiger partial charge in [0.1, 0.15) is 5.75 Å². The third-order valence-electron chi connectivity index (χ3n) is 5.49. The van der Waals surface area contributed by atoms with E-state index in [2.05, 4.69) is 22.4 Å². The quantitative estimate of drug-likeness (QED) is 0.259. The second-order valence-corrected chi connectivity index (χ2v) is 9.20. The number of carbonyl (C=O) groups is 1. The van der Waals surface area contributed by atoms with Gasteiger partial charge in [-0.2, -0.15) is 0 Å². The molecule has 4 rings (SSSR count). The number of carbonyl (C=O) groups excluding carboxylic acids is 1. The van der Waals surface area contributed by atoms with E-state index in [1.54, 1.807) is 0 Å². The number of rotatable bonds is 9. The summed E-state index contributed by atoms with van der Waals surface area (Å²) in [5.41, 5.74) is 4.65. The summed E-state index contributed by atoms with van der Waals surface area (Å²) in [5, 5.41) is 13.1. The van der Waals surface area contributed by atoms with Crippen LogP contribution in [0.4, 0.5) is 5.69 Å². The lowest BCUT2D eigenvalue weighted by atomic mass is 10.1. The van der Waals surface area contributed by atoms with Crippen LogP contribution >= 0.6 is 23.4 Å². The van der Waals surface area contributed by atoms with Crippen molar-refractivity contribution in [3.63, 3.8) is 0 Å². The number of hydrogen-bond donors (Lipinski definition) is 1. The molecule has 8 heteroatoms. The van der Waals surface area contributed by atoms with Crippen molar-refractivity contribution in [1.82, 2.24) is 14.8 Å². The Morgan fingerprint density at radius 3 is 2.51 bits per heavy atom. The summed E-state index contributed by atoms with van der Waals surface area (Å²) in [6.07, 6.45) is 0.845. The molecule has 1 aromatic heterocycles. The Morgan fingerprint density at radius 1 is 1.03 bits per heavy atom. The summed E-state index contributed by atoms with van der Waals surface area (Å²) in [4.78, 5) is 12.9. The third-order valence-corrected chi connectivity index (χ3v) is 6.75. The van der Waals surface area contributed by atoms with E-state index in [9.17, 15) is 4.79 Å². The van der Waals surface area contributed by atoms with Crippen molar-refractivity contribution in [1.29, 1.82) is 0 Å². The number of ether oxygens (including phenoxy) is 1. The minimum absolute atomic E-state index is 0.0977. The smallest absolute Gasteiger partial charge is 0.234 e. The van der Waals surface area contributed by atoms with Crippen LogP contribution in [0.1, 0.15) is 25.0 Å². The molecule has 0 aliphatic rings. The summed E-state index contributed by atoms with van der Waals surface area (Å²) in [6.45, 7) is 6.62. The SMILES string of the molecule is CCOc1ccc(-n2c(SCC(=O)Nc3c(C)cccc3CC)nnc2-c2ccccc2Cl)cc1. The Bertz CT molecular complexity index is 1320. The highest BCUT2D eigenvalue weighted by atomic mass is 35.5. The summed E-state index contributed by atoms with van der Waals surface area (Å²) in [6, 6.07) is 21.3. The van der Waals surface area contributed by atoms with Gasteiger partial charge >= 0.3 is 0 Å². The van der Waals surface area contributed by atoms with Crippen LogP contribution in [0.2, 0.25) is 5.02 Å². The molecule has 0 atom stereocenters. The molecule has 1 amide bonds. The molecule has 0 aliphatic heterocycles. The van der Waals surface area contributed by atoms with E-state index in [4.69, 9.17) is 16.3 Å². The number of nitrogens with one attached hydrogen (secondary N) is 1. The van der Waals surface area contributed by atoms with Gasteiger partial charge in [0, 0.05) is 16.9 Å². The van der Waals surface area contributed by atoms with Gasteiger partial charge in [-0.15, -0.1) is 10.2 Å². The molecule has 0 spiro atoms. The predicted molar refractivity (Wildman–Crippen MR) is 143 cm³/mol. The lowest BCUT2D eigenvalue weighted by Gasteiger charge is -2.14. The maximum Gasteiger partial charge on any atom is 0.234 e. The summed E-state index contributed by atoms with van der Waals surface area (Å²) >= 11 is 7.81. The van der Waals surface area contributed by atoms with Crippen LogP contribution < -0.4 is 10.1 Å². The molecule has 1 heterocycles. The van der Waals surface area contributed by atoms with Crippen LogP contribution in [0.15, 0.2) is 71.9 Å². The van der Waals surface area contributed by atoms with E-state index in [-0.39, 0.29) is 11.7 Å². The minimum Gasteiger partial charge on any atom is -0.494 e. The van der Waals surface area contributed by atoms with Crippen LogP contribution in [0.25, 0.3) is 17.1 Å². The molecule has 1 N–H and O–H groups in total. The van der Waals surface area contributed by atoms with Gasteiger partial charge in [-0.1, -0.05) is 60.6 Å². The zero-order valence-corrected chi connectivity index (χ0v) is 21.5. The highest BCUT2D eigenvalue weighted by molar-refractivity contribution is 7.99. The molecule has 0 fully saturated rings. The number of benzene rings is 3. The van der Waals surface area contributed by atoms with E-state index >= 15 is 0 Å². The van der Waals surface area contributed by atoms with Crippen molar-refractivity contribution in [2.75, 3.05) is 17.7 Å². The van der Waals surface area contributed by atoms with E-state index in [1.165, 1.54) is 11.8 Å². The maximum absolute atomic E-state index is 12.9. The van der Waals surface area contributed by atoms with Gasteiger partial charge in [0.05, 0.1) is 17.4 Å². The summed E-state index contributed by atoms with van der Waals surface area (Å²) < 4.78 is 7.50. The monoisotopic (exact) mass is 506 g/mol. The summed E-state index contributed by atoms with van der Waals surface area (Å²) in [5.74, 6) is 1.48. The lowest BCUT2D eigenvalue weighted by molar-refractivity contribution is -0.113. The van der Waals surface area contributed by atoms with Crippen LogP contribution in [0.3, 0.4) is 0 Å². The van der Waals surface area contributed by atoms with Gasteiger partial charge in [-0.25, -0.2) is 0 Å². The molecule has 180 valence electrons. The molecule has 0 aliphatic carbocycles. The molecule has 0 unspecified atom stereocenters. The number of aryl methyl sites for hydroxylation is 2. The fourth-order valence-corrected chi connectivity index (χ4v) is 4.75. The van der Waals surface area contributed by atoms with Crippen molar-refractivity contribution in [2.24, 2.45) is 0 Å². The highest BCUT2D eigenvalue weighted by Gasteiger charge is 2.19. The Kier molecular flexibility index (Phi) is 8.10. The van der Waals surface area contributed by atoms with Gasteiger partial charge in [0.25, 0.3) is 0 Å². The number of aromatic nitrogens is 3. The molecule has 0 bridgehead atoms. The number of hydrogen-bond acceptors (Lipinski definition) is 5. The van der Waals surface area contributed by atoms with Gasteiger partial charge < -0.3 is 10.1 Å². The van der Waals surface area contributed by atoms with Crippen LogP contribution in [-0.2, 0) is 11.2 Å². The van der Waals surface area contributed by atoms with Crippen LogP contribution in [-0.4, -0.2) is 33.0 Å². The first kappa shape index (κ1) is 24.8. The molecule has 6 nitrogen and oxygen atoms in total. The molecule has 0 saturated carbocycles. The predicted octanol–water partition coefficient (Wildman–Crippen LogP) is 6.59. The van der Waals surface area contributed by atoms with Crippen LogP contribution in [0, 0.1) is 6.92 Å². The first-order chi connectivity index (χ1) is 17.0. The zero-order valence-electron chi connectivity index (χ0n) is 19.9. The largest absolute Gasteiger partial charge is 0.494 e. The van der Waals surface area contributed by atoms with Crippen molar-refractivity contribution >= 4 is 35.0 Å². The van der Waals surface area contributed by atoms with Crippen molar-refractivity contribution in [3.8, 4) is 22.8 Å². The fraction of sp³-hybridized carbons (Fsp3) is 0.222. The molecular formula is C27H27ClN4O2S. The average Bonchev–Trinajstić information content (AvgIpc) is 3.28. The molecule has 3 aromatic carbocycles. The van der Waals surface area contributed by atoms with E-state index in [1.807, 2.05) is 85.1 Å². The van der Waals surface area contributed by atoms with Gasteiger partial charge in [0.2, 0.25) is 5.91 Å². The number of anilines is 1. The molecule has 35 heavy (non-hydrogen) atoms. The first-order valence-corrected chi connectivity index (χ1v) is 12.8. The van der Waals surface area contributed by atoms with Crippen LogP contribution in [0.5, 0.6) is 5.75 Å². The first-order valence-electron chi connectivity index (χ1n) is 11.5. The van der Waals surface area contributed by atoms with E-state index in [0.29, 0.717) is 22.6 Å². The molecule has 0 saturated heterocycles. The second-order valence-electron chi connectivity index (χ2n) is 7.85. The van der Waals surface area contributed by atoms with Gasteiger partial charge in [-0.3, -0.25) is 9.36 Å². The zero-order chi connectivity index (χ0) is 24.8. The second kappa shape index (κ2) is 11.4. The number of amides is 1. The minimum atomic E-state index is -0.0977. The number of nitrogens with zero attached hydrogens (tertiary/aromatic N) is 3. The lowest BCUT2D eigenvalue weighted by Crippen LogP contribution is -2.16. The summed E-state index contributed by atoms with van der Waals surface area (Å²) in [7, 11) is 0. The Morgan fingerprint density at radius 2 is 1.80 bits per heavy atom. The molecule has 4 aromatic rings. The van der Waals surface area contributed by atoms with Gasteiger partial charge in [-0.05, 0) is 67.8 Å². The van der Waals surface area contributed by atoms with Crippen molar-refractivity contribution in [3.05, 3.63) is 82.9 Å². The van der Waals surface area contributed by atoms with Crippen molar-refractivity contribution < 1.29 is 9.53 Å². The average molecular weight is 507 g/mol. The standard InChI is InChI=1S/C27H27ClN4O2S/c1-4-19-10-8-9-18(3)25(19)29-24(33)17-35-27-31-30-26(22-11-6-7-12-23(22)28)32(27)20-13-15-21(16-14-20)34-5-2/h6-16H,4-5,17H2,1-3H3,(H,29,33). The van der Waals surface area contributed by atoms with Crippen molar-refractivity contribution in [2.45, 2.75) is 32.3 Å². The number of halogens is 1. The highest BCUT2D eigenvalue weighted by Crippen LogP contribution is 2.32. The molecule has 0 radical (unpaired) electrons. The Balaban J connectivity index is 1.63. The maximum atomic E-state index is 12.9. The third kappa shape index (κ3) is 5.69. The number of thioether (sulfide) groups is 1. The molecular weight excluding hydrogens is 480 g/mol. The van der Waals surface area contributed by atoms with Gasteiger partial charge in [0.15, 0.2) is 11.0 Å². The normalized spacial score (nSPS) is 10.9. The van der Waals surface area contributed by atoms with E-state index in [0.717, 1.165) is 40.2 Å². The Hall–Kier alpha value is -3.29. The topological polar surface area (TPSA) is 69.0 Å². The number of para-hydroxylation sites is 1. The fourth-order valence-electron chi connectivity index (χ4n) is 3.78.